The number of hydrogen-bond acceptors (Lipinski definition) is 2. The van der Waals surface area contributed by atoms with E-state index in [0.717, 1.165) is 10.0 Å². The van der Waals surface area contributed by atoms with E-state index in [4.69, 9.17) is 10.5 Å². The molecule has 2 nitrogen and oxygen atoms in total. The van der Waals surface area contributed by atoms with Gasteiger partial charge >= 0.3 is 0 Å². The summed E-state index contributed by atoms with van der Waals surface area (Å²) >= 11 is 3.40. The van der Waals surface area contributed by atoms with Gasteiger partial charge in [-0.2, -0.15) is 0 Å². The van der Waals surface area contributed by atoms with Gasteiger partial charge in [-0.15, -0.1) is 0 Å². The van der Waals surface area contributed by atoms with E-state index in [-0.39, 0.29) is 5.82 Å². The zero-order valence-corrected chi connectivity index (χ0v) is 12.4. The van der Waals surface area contributed by atoms with Crippen molar-refractivity contribution in [1.82, 2.24) is 0 Å². The van der Waals surface area contributed by atoms with E-state index in [2.05, 4.69) is 15.9 Å². The fourth-order valence-electron chi connectivity index (χ4n) is 1.89. The number of rotatable bonds is 3. The van der Waals surface area contributed by atoms with E-state index in [1.807, 2.05) is 25.1 Å². The normalized spacial score (nSPS) is 12.3. The van der Waals surface area contributed by atoms with Crippen LogP contribution in [0.5, 0.6) is 11.5 Å². The highest BCUT2D eigenvalue weighted by Gasteiger charge is 2.14. The van der Waals surface area contributed by atoms with E-state index >= 15 is 0 Å². The first kappa shape index (κ1) is 14.0. The third-order valence-corrected chi connectivity index (χ3v) is 3.32. The summed E-state index contributed by atoms with van der Waals surface area (Å²) in [6, 6.07) is 9.98. The number of aryl methyl sites for hydroxylation is 1. The van der Waals surface area contributed by atoms with Gasteiger partial charge in [0.05, 0.1) is 0 Å². The lowest BCUT2D eigenvalue weighted by Gasteiger charge is -2.15. The summed E-state index contributed by atoms with van der Waals surface area (Å²) in [4.78, 5) is 0. The highest BCUT2D eigenvalue weighted by atomic mass is 79.9. The van der Waals surface area contributed by atoms with Gasteiger partial charge in [0.1, 0.15) is 17.3 Å². The van der Waals surface area contributed by atoms with E-state index in [1.54, 1.807) is 19.1 Å². The van der Waals surface area contributed by atoms with Crippen LogP contribution in [0.2, 0.25) is 0 Å². The molecule has 1 atom stereocenters. The molecule has 0 heterocycles. The van der Waals surface area contributed by atoms with Crippen molar-refractivity contribution in [2.45, 2.75) is 19.9 Å². The lowest BCUT2D eigenvalue weighted by molar-refractivity contribution is 0.457. The van der Waals surface area contributed by atoms with Gasteiger partial charge in [0.15, 0.2) is 0 Å². The molecule has 2 N–H and O–H groups in total. The first-order chi connectivity index (χ1) is 8.99. The average molecular weight is 324 g/mol. The Hall–Kier alpha value is -1.39. The zero-order valence-electron chi connectivity index (χ0n) is 10.8. The minimum absolute atomic E-state index is 0.345. The molecule has 0 radical (unpaired) electrons. The minimum Gasteiger partial charge on any atom is -0.457 e. The second-order valence-electron chi connectivity index (χ2n) is 4.45. The van der Waals surface area contributed by atoms with Crippen LogP contribution >= 0.6 is 15.9 Å². The SMILES string of the molecule is Cc1cc(Br)ccc1Oc1cccc(F)c1[C@H](C)N. The average Bonchev–Trinajstić information content (AvgIpc) is 2.32. The van der Waals surface area contributed by atoms with Crippen LogP contribution in [0.1, 0.15) is 24.1 Å². The second kappa shape index (κ2) is 5.72. The van der Waals surface area contributed by atoms with E-state index in [0.29, 0.717) is 17.1 Å². The predicted octanol–water partition coefficient (Wildman–Crippen LogP) is 4.71. The molecule has 2 aromatic carbocycles. The Kier molecular flexibility index (Phi) is 4.22. The largest absolute Gasteiger partial charge is 0.457 e. The van der Waals surface area contributed by atoms with Gasteiger partial charge in [-0.3, -0.25) is 0 Å². The molecule has 0 saturated carbocycles. The Morgan fingerprint density at radius 1 is 1.21 bits per heavy atom. The first-order valence-corrected chi connectivity index (χ1v) is 6.76. The van der Waals surface area contributed by atoms with Crippen LogP contribution in [-0.2, 0) is 0 Å². The van der Waals surface area contributed by atoms with Gasteiger partial charge in [-0.05, 0) is 49.7 Å². The minimum atomic E-state index is -0.424. The van der Waals surface area contributed by atoms with Crippen molar-refractivity contribution >= 4 is 15.9 Å². The van der Waals surface area contributed by atoms with Gasteiger partial charge < -0.3 is 10.5 Å². The molecule has 0 aliphatic carbocycles. The maximum Gasteiger partial charge on any atom is 0.135 e. The van der Waals surface area contributed by atoms with Crippen molar-refractivity contribution in [3.63, 3.8) is 0 Å². The number of benzene rings is 2. The topological polar surface area (TPSA) is 35.2 Å². The Morgan fingerprint density at radius 2 is 1.95 bits per heavy atom. The lowest BCUT2D eigenvalue weighted by atomic mass is 10.1. The van der Waals surface area contributed by atoms with Gasteiger partial charge in [-0.1, -0.05) is 22.0 Å². The summed E-state index contributed by atoms with van der Waals surface area (Å²) < 4.78 is 20.6. The molecular formula is C15H15BrFNO. The second-order valence-corrected chi connectivity index (χ2v) is 5.37. The van der Waals surface area contributed by atoms with Crippen molar-refractivity contribution in [1.29, 1.82) is 0 Å². The van der Waals surface area contributed by atoms with E-state index < -0.39 is 6.04 Å². The molecule has 0 bridgehead atoms. The summed E-state index contributed by atoms with van der Waals surface area (Å²) in [6.07, 6.45) is 0. The van der Waals surface area contributed by atoms with Gasteiger partial charge in [0.2, 0.25) is 0 Å². The van der Waals surface area contributed by atoms with Crippen LogP contribution in [0.3, 0.4) is 0 Å². The third-order valence-electron chi connectivity index (χ3n) is 2.83. The third kappa shape index (κ3) is 3.14. The molecule has 4 heteroatoms. The van der Waals surface area contributed by atoms with Crippen molar-refractivity contribution in [3.8, 4) is 11.5 Å². The summed E-state index contributed by atoms with van der Waals surface area (Å²) in [5.74, 6) is 0.804. The van der Waals surface area contributed by atoms with Crippen LogP contribution < -0.4 is 10.5 Å². The van der Waals surface area contributed by atoms with Crippen LogP contribution in [0.25, 0.3) is 0 Å². The molecule has 0 aliphatic heterocycles. The van der Waals surface area contributed by atoms with Gasteiger partial charge in [0, 0.05) is 16.1 Å². The molecule has 0 unspecified atom stereocenters. The standard InChI is InChI=1S/C15H15BrFNO/c1-9-8-11(16)6-7-13(9)19-14-5-3-4-12(17)15(14)10(2)18/h3-8,10H,18H2,1-2H3/t10-/m0/s1. The number of nitrogens with two attached hydrogens (primary N) is 1. The van der Waals surface area contributed by atoms with Crippen molar-refractivity contribution in [2.24, 2.45) is 5.73 Å². The van der Waals surface area contributed by atoms with E-state index in [1.165, 1.54) is 6.07 Å². The molecule has 2 aromatic rings. The summed E-state index contributed by atoms with van der Waals surface area (Å²) in [7, 11) is 0. The molecule has 19 heavy (non-hydrogen) atoms. The highest BCUT2D eigenvalue weighted by molar-refractivity contribution is 9.10. The van der Waals surface area contributed by atoms with Crippen molar-refractivity contribution in [2.75, 3.05) is 0 Å². The number of ether oxygens (including phenoxy) is 1. The molecule has 2 rings (SSSR count). The number of halogens is 2. The van der Waals surface area contributed by atoms with Crippen LogP contribution in [0.15, 0.2) is 40.9 Å². The number of hydrogen-bond donors (Lipinski definition) is 1. The van der Waals surface area contributed by atoms with Crippen molar-refractivity contribution < 1.29 is 9.13 Å². The van der Waals surface area contributed by atoms with Crippen LogP contribution in [-0.4, -0.2) is 0 Å². The molecule has 0 aliphatic rings. The fourth-order valence-corrected chi connectivity index (χ4v) is 2.37. The van der Waals surface area contributed by atoms with Crippen molar-refractivity contribution in [3.05, 3.63) is 57.8 Å². The first-order valence-electron chi connectivity index (χ1n) is 5.97. The van der Waals surface area contributed by atoms with Crippen LogP contribution in [0, 0.1) is 12.7 Å². The Labute approximate surface area is 120 Å². The molecular weight excluding hydrogens is 309 g/mol. The Balaban J connectivity index is 2.41. The molecule has 0 spiro atoms. The molecule has 0 saturated heterocycles. The monoisotopic (exact) mass is 323 g/mol. The van der Waals surface area contributed by atoms with Crippen LogP contribution in [0.4, 0.5) is 4.39 Å². The fraction of sp³-hybridized carbons (Fsp3) is 0.200. The van der Waals surface area contributed by atoms with Gasteiger partial charge in [-0.25, -0.2) is 4.39 Å². The maximum atomic E-state index is 13.8. The summed E-state index contributed by atoms with van der Waals surface area (Å²) in [6.45, 7) is 3.67. The summed E-state index contributed by atoms with van der Waals surface area (Å²) in [5, 5.41) is 0. The molecule has 0 fully saturated rings. The van der Waals surface area contributed by atoms with Gasteiger partial charge in [0.25, 0.3) is 0 Å². The molecule has 0 amide bonds. The smallest absolute Gasteiger partial charge is 0.135 e. The predicted molar refractivity (Wildman–Crippen MR) is 78.0 cm³/mol. The quantitative estimate of drug-likeness (QED) is 0.887. The molecule has 100 valence electrons. The zero-order chi connectivity index (χ0) is 14.0. The maximum absolute atomic E-state index is 13.8. The molecule has 0 aromatic heterocycles. The van der Waals surface area contributed by atoms with E-state index in [9.17, 15) is 4.39 Å². The Bertz CT molecular complexity index is 599. The highest BCUT2D eigenvalue weighted by Crippen LogP contribution is 2.33. The summed E-state index contributed by atoms with van der Waals surface area (Å²) in [5.41, 5.74) is 7.16. The Morgan fingerprint density at radius 3 is 2.58 bits per heavy atom. The lowest BCUT2D eigenvalue weighted by Crippen LogP contribution is -2.09.